The summed E-state index contributed by atoms with van der Waals surface area (Å²) >= 11 is 0. The van der Waals surface area contributed by atoms with Crippen LogP contribution in [0.5, 0.6) is 0 Å². The molecule has 14 unspecified atom stereocenters. The first-order chi connectivity index (χ1) is 24.8. The number of hydrogen-bond donors (Lipinski definition) is 0. The van der Waals surface area contributed by atoms with Crippen molar-refractivity contribution in [2.75, 3.05) is 7.11 Å². The maximum atomic E-state index is 14.0. The van der Waals surface area contributed by atoms with Crippen molar-refractivity contribution in [2.24, 2.45) is 11.8 Å². The fraction of sp³-hybridized carbons (Fsp3) is 0.850. The minimum Gasteiger partial charge on any atom is -0.378 e. The second-order valence-electron chi connectivity index (χ2n) is 17.0. The van der Waals surface area contributed by atoms with Crippen molar-refractivity contribution in [1.29, 1.82) is 0 Å². The Bertz CT molecular complexity index is 1350. The summed E-state index contributed by atoms with van der Waals surface area (Å²) in [7, 11) is 1.64. The molecule has 10 bridgehead atoms. The van der Waals surface area contributed by atoms with Crippen molar-refractivity contribution < 1.29 is 52.2 Å². The standard InChI is InChI=1S/C40H56O11/c1-19-13-23-5-8-27-20(2)14-24(44-27)6-9-28-33-18-34-37(48-28)39-40(51-34)38(50-33)36-29(49-39)10-7-25(46-36)15-22(42)16-26-32(17-31(45-23)21(19)3)47-30(11-12-41)35(26)43-4/h12,19,23-40H,2-3,5-11,13-18H2,1,4H3/t19?,23?,24?,25?,26?,27?,28-,29?,30-,31?,32?,33?,34?,35-,36+,37?,38?,39+,40?/m1/s1. The number of Topliss-reactive ketones (excluding diaryl/α,β-unsaturated/α-hetero) is 1. The van der Waals surface area contributed by atoms with E-state index in [-0.39, 0.29) is 128 Å². The van der Waals surface area contributed by atoms with E-state index < -0.39 is 6.10 Å². The molecule has 0 N–H and O–H groups in total. The number of ether oxygens (including phenoxy) is 9. The molecule has 9 heterocycles. The number of aldehydes is 1. The zero-order valence-electron chi connectivity index (χ0n) is 30.1. The van der Waals surface area contributed by atoms with E-state index in [9.17, 15) is 9.59 Å². The first kappa shape index (κ1) is 35.2. The van der Waals surface area contributed by atoms with Crippen molar-refractivity contribution in [3.05, 3.63) is 24.3 Å². The summed E-state index contributed by atoms with van der Waals surface area (Å²) in [6, 6.07) is 0. The maximum Gasteiger partial charge on any atom is 0.135 e. The average Bonchev–Trinajstić information content (AvgIpc) is 3.71. The van der Waals surface area contributed by atoms with Crippen molar-refractivity contribution in [3.63, 3.8) is 0 Å². The Hall–Kier alpha value is -1.54. The molecular weight excluding hydrogens is 656 g/mol. The third-order valence-corrected chi connectivity index (χ3v) is 13.8. The van der Waals surface area contributed by atoms with Gasteiger partial charge in [0.15, 0.2) is 0 Å². The third kappa shape index (κ3) is 6.54. The molecule has 0 aromatic rings. The van der Waals surface area contributed by atoms with Crippen molar-refractivity contribution in [3.8, 4) is 0 Å². The molecule has 282 valence electrons. The first-order valence-corrected chi connectivity index (χ1v) is 19.8. The molecule has 9 rings (SSSR count). The number of rotatable bonds is 3. The van der Waals surface area contributed by atoms with E-state index in [0.717, 1.165) is 75.2 Å². The van der Waals surface area contributed by atoms with Gasteiger partial charge in [0.25, 0.3) is 0 Å². The smallest absolute Gasteiger partial charge is 0.135 e. The number of hydrogen-bond acceptors (Lipinski definition) is 11. The van der Waals surface area contributed by atoms with Gasteiger partial charge in [0.2, 0.25) is 0 Å². The van der Waals surface area contributed by atoms with E-state index in [2.05, 4.69) is 20.1 Å². The van der Waals surface area contributed by atoms with Crippen LogP contribution in [-0.2, 0) is 52.2 Å². The topological polar surface area (TPSA) is 117 Å². The Morgan fingerprint density at radius 2 is 1.31 bits per heavy atom. The van der Waals surface area contributed by atoms with Gasteiger partial charge in [0.05, 0.1) is 73.2 Å². The monoisotopic (exact) mass is 712 g/mol. The zero-order chi connectivity index (χ0) is 35.0. The molecule has 9 fully saturated rings. The Morgan fingerprint density at radius 1 is 0.647 bits per heavy atom. The Balaban J connectivity index is 0.986. The summed E-state index contributed by atoms with van der Waals surface area (Å²) in [6.45, 7) is 11.1. The predicted molar refractivity (Wildman–Crippen MR) is 182 cm³/mol. The van der Waals surface area contributed by atoms with Gasteiger partial charge in [-0.15, -0.1) is 0 Å². The molecule has 0 aromatic carbocycles. The van der Waals surface area contributed by atoms with Crippen LogP contribution in [0.15, 0.2) is 24.3 Å². The van der Waals surface area contributed by atoms with Crippen LogP contribution in [0.25, 0.3) is 0 Å². The molecule has 0 saturated carbocycles. The van der Waals surface area contributed by atoms with Crippen LogP contribution in [-0.4, -0.2) is 123 Å². The molecule has 9 aliphatic rings. The van der Waals surface area contributed by atoms with Crippen LogP contribution in [0.2, 0.25) is 0 Å². The summed E-state index contributed by atoms with van der Waals surface area (Å²) in [6.07, 6.45) is 6.89. The Labute approximate surface area is 301 Å². The van der Waals surface area contributed by atoms with Crippen LogP contribution in [0, 0.1) is 11.8 Å². The van der Waals surface area contributed by atoms with Gasteiger partial charge in [0.1, 0.15) is 42.6 Å². The number of fused-ring (bicyclic) bond motifs is 7. The summed E-state index contributed by atoms with van der Waals surface area (Å²) in [5, 5.41) is 0. The van der Waals surface area contributed by atoms with Crippen LogP contribution < -0.4 is 0 Å². The van der Waals surface area contributed by atoms with E-state index in [1.807, 2.05) is 0 Å². The first-order valence-electron chi connectivity index (χ1n) is 19.8. The van der Waals surface area contributed by atoms with E-state index in [1.54, 1.807) is 7.11 Å². The Morgan fingerprint density at radius 3 is 2.12 bits per heavy atom. The van der Waals surface area contributed by atoms with Crippen LogP contribution >= 0.6 is 0 Å². The summed E-state index contributed by atoms with van der Waals surface area (Å²) in [5.41, 5.74) is 2.21. The van der Waals surface area contributed by atoms with E-state index in [4.69, 9.17) is 42.6 Å². The second-order valence-corrected chi connectivity index (χ2v) is 17.0. The van der Waals surface area contributed by atoms with Gasteiger partial charge < -0.3 is 47.4 Å². The number of carbonyl (C=O) groups is 2. The van der Waals surface area contributed by atoms with E-state index in [1.165, 1.54) is 0 Å². The lowest BCUT2D eigenvalue weighted by molar-refractivity contribution is -0.301. The second kappa shape index (κ2) is 14.3. The molecule has 11 nitrogen and oxygen atoms in total. The molecule has 19 atom stereocenters. The average molecular weight is 713 g/mol. The van der Waals surface area contributed by atoms with Gasteiger partial charge in [-0.3, -0.25) is 4.79 Å². The van der Waals surface area contributed by atoms with Gasteiger partial charge in [-0.1, -0.05) is 20.1 Å². The quantitative estimate of drug-likeness (QED) is 0.307. The SMILES string of the molecule is C=C1CC2CC[C@H]3OC4C5CC3OC3C(O5)[C@H]4OC4CCC(CC(=O)CC5C(CC6OC(CCC1O2)CC(C)C6=C)O[C@H](CC=O)[C@@H]5OC)O[C@@H]43. The molecule has 0 amide bonds. The van der Waals surface area contributed by atoms with Gasteiger partial charge in [-0.2, -0.15) is 0 Å². The molecule has 0 aromatic heterocycles. The van der Waals surface area contributed by atoms with Crippen molar-refractivity contribution in [1.82, 2.24) is 0 Å². The number of methoxy groups -OCH3 is 1. The normalized spacial score (nSPS) is 52.7. The fourth-order valence-corrected chi connectivity index (χ4v) is 11.2. The third-order valence-electron chi connectivity index (χ3n) is 13.8. The highest BCUT2D eigenvalue weighted by Crippen LogP contribution is 2.49. The molecule has 11 heteroatoms. The minimum absolute atomic E-state index is 0.00636. The van der Waals surface area contributed by atoms with Crippen LogP contribution in [0.3, 0.4) is 0 Å². The van der Waals surface area contributed by atoms with E-state index >= 15 is 0 Å². The summed E-state index contributed by atoms with van der Waals surface area (Å²) < 4.78 is 59.7. The molecular formula is C40H56O11. The molecule has 0 aliphatic carbocycles. The molecule has 51 heavy (non-hydrogen) atoms. The molecule has 9 saturated heterocycles. The number of ketones is 1. The van der Waals surface area contributed by atoms with Crippen LogP contribution in [0.1, 0.15) is 90.4 Å². The largest absolute Gasteiger partial charge is 0.378 e. The lowest BCUT2D eigenvalue weighted by Crippen LogP contribution is -2.66. The van der Waals surface area contributed by atoms with Crippen molar-refractivity contribution in [2.45, 2.75) is 194 Å². The van der Waals surface area contributed by atoms with Gasteiger partial charge >= 0.3 is 0 Å². The lowest BCUT2D eigenvalue weighted by Gasteiger charge is -2.51. The highest BCUT2D eigenvalue weighted by atomic mass is 16.7. The summed E-state index contributed by atoms with van der Waals surface area (Å²) in [5.74, 6) is 0.179. The minimum atomic E-state index is -0.415. The Kier molecular flexibility index (Phi) is 9.84. The molecule has 0 radical (unpaired) electrons. The lowest BCUT2D eigenvalue weighted by atomic mass is 9.81. The fourth-order valence-electron chi connectivity index (χ4n) is 11.2. The predicted octanol–water partition coefficient (Wildman–Crippen LogP) is 4.36. The van der Waals surface area contributed by atoms with Crippen molar-refractivity contribution >= 4 is 12.1 Å². The molecule has 0 spiro atoms. The van der Waals surface area contributed by atoms with Gasteiger partial charge in [-0.25, -0.2) is 0 Å². The van der Waals surface area contributed by atoms with Gasteiger partial charge in [0, 0.05) is 45.1 Å². The maximum absolute atomic E-state index is 14.0. The summed E-state index contributed by atoms with van der Waals surface area (Å²) in [4.78, 5) is 25.6. The zero-order valence-corrected chi connectivity index (χ0v) is 30.1. The van der Waals surface area contributed by atoms with Gasteiger partial charge in [-0.05, 0) is 68.4 Å². The van der Waals surface area contributed by atoms with Crippen LogP contribution in [0.4, 0.5) is 0 Å². The highest BCUT2D eigenvalue weighted by Gasteiger charge is 2.64. The van der Waals surface area contributed by atoms with E-state index in [0.29, 0.717) is 12.8 Å². The highest BCUT2D eigenvalue weighted by molar-refractivity contribution is 5.79. The molecule has 9 aliphatic heterocycles. The number of carbonyl (C=O) groups excluding carboxylic acids is 2.